The summed E-state index contributed by atoms with van der Waals surface area (Å²) in [4.78, 5) is 59.4. The lowest BCUT2D eigenvalue weighted by molar-refractivity contribution is -0.147. The summed E-state index contributed by atoms with van der Waals surface area (Å²) in [6.45, 7) is 8.74. The van der Waals surface area contributed by atoms with Crippen molar-refractivity contribution in [3.63, 3.8) is 0 Å². The zero-order chi connectivity index (χ0) is 35.0. The molecule has 4 heterocycles. The van der Waals surface area contributed by atoms with Crippen molar-refractivity contribution in [3.05, 3.63) is 71.0 Å². The fourth-order valence-corrected chi connectivity index (χ4v) is 6.20. The Balaban J connectivity index is 0.000000291. The molecule has 2 aliphatic heterocycles. The molecule has 2 fully saturated rings. The van der Waals surface area contributed by atoms with Crippen LogP contribution in [0.3, 0.4) is 0 Å². The van der Waals surface area contributed by atoms with E-state index in [9.17, 15) is 19.2 Å². The van der Waals surface area contributed by atoms with Crippen molar-refractivity contribution in [2.24, 2.45) is 5.92 Å². The van der Waals surface area contributed by atoms with Crippen LogP contribution >= 0.6 is 0 Å². The molecule has 48 heavy (non-hydrogen) atoms. The van der Waals surface area contributed by atoms with Crippen LogP contribution in [0, 0.1) is 5.92 Å². The zero-order valence-electron chi connectivity index (χ0n) is 28.0. The van der Waals surface area contributed by atoms with Crippen LogP contribution in [0.1, 0.15) is 74.2 Å². The van der Waals surface area contributed by atoms with Gasteiger partial charge in [-0.15, -0.1) is 0 Å². The molecule has 13 heteroatoms. The summed E-state index contributed by atoms with van der Waals surface area (Å²) in [6.07, 6.45) is 7.23. The maximum atomic E-state index is 13.3. The van der Waals surface area contributed by atoms with Crippen LogP contribution < -0.4 is 22.1 Å². The fraction of sp³-hybridized carbons (Fsp3) is 0.429. The summed E-state index contributed by atoms with van der Waals surface area (Å²) in [5.74, 6) is -2.05. The topological polar surface area (TPSA) is 197 Å². The number of pyridine rings is 2. The smallest absolute Gasteiger partial charge is 0.394 e. The Morgan fingerprint density at radius 2 is 1.44 bits per heavy atom. The number of nitrogens with two attached hydrogens (primary N) is 2. The molecule has 0 radical (unpaired) electrons. The number of anilines is 4. The van der Waals surface area contributed by atoms with Crippen LogP contribution in [-0.2, 0) is 32.0 Å². The normalized spacial score (nSPS) is 19.2. The molecule has 0 spiro atoms. The number of likely N-dealkylation sites (N-methyl/N-ethyl adjacent to an activating group) is 1. The van der Waals surface area contributed by atoms with Gasteiger partial charge in [-0.25, -0.2) is 14.8 Å². The van der Waals surface area contributed by atoms with Crippen molar-refractivity contribution in [1.29, 1.82) is 0 Å². The van der Waals surface area contributed by atoms with Crippen LogP contribution in [0.2, 0.25) is 0 Å². The number of nitrogen functional groups attached to an aromatic ring is 2. The fourth-order valence-electron chi connectivity index (χ4n) is 6.20. The van der Waals surface area contributed by atoms with E-state index in [1.54, 1.807) is 17.0 Å². The van der Waals surface area contributed by atoms with E-state index in [-0.39, 0.29) is 6.04 Å². The van der Waals surface area contributed by atoms with Gasteiger partial charge in [0.25, 0.3) is 0 Å². The average molecular weight is 659 g/mol. The van der Waals surface area contributed by atoms with Gasteiger partial charge in [-0.1, -0.05) is 45.0 Å². The van der Waals surface area contributed by atoms with E-state index in [0.29, 0.717) is 54.2 Å². The number of piperidine rings is 1. The highest BCUT2D eigenvalue weighted by Crippen LogP contribution is 2.36. The van der Waals surface area contributed by atoms with E-state index < -0.39 is 23.7 Å². The summed E-state index contributed by atoms with van der Waals surface area (Å²) >= 11 is 0. The Hall–Kier alpha value is -5.04. The minimum atomic E-state index is -1.54. The third-order valence-corrected chi connectivity index (χ3v) is 8.91. The molecule has 1 unspecified atom stereocenters. The average Bonchev–Trinajstić information content (AvgIpc) is 3.52. The van der Waals surface area contributed by atoms with Gasteiger partial charge >= 0.3 is 23.7 Å². The third-order valence-electron chi connectivity index (χ3n) is 8.91. The number of nitrogens with zero attached hydrogens (tertiary/aromatic N) is 4. The number of hydrogen-bond donors (Lipinski definition) is 5. The third kappa shape index (κ3) is 9.06. The molecule has 0 aliphatic carbocycles. The number of carboxylic acid groups (broad SMARTS) is 1. The summed E-state index contributed by atoms with van der Waals surface area (Å²) in [5.41, 5.74) is 16.3. The van der Waals surface area contributed by atoms with Crippen molar-refractivity contribution in [2.75, 3.05) is 48.8 Å². The second-order valence-electron chi connectivity index (χ2n) is 12.5. The van der Waals surface area contributed by atoms with E-state index in [0.717, 1.165) is 49.0 Å². The van der Waals surface area contributed by atoms with Crippen molar-refractivity contribution in [2.45, 2.75) is 64.8 Å². The number of aromatic nitrogens is 2. The number of aliphatic carboxylic acids is 1. The lowest BCUT2D eigenvalue weighted by atomic mass is 9.87. The first kappa shape index (κ1) is 35.8. The lowest BCUT2D eigenvalue weighted by Crippen LogP contribution is -2.46. The number of carbonyl (C=O) groups is 4. The molecular weight excluding hydrogens is 612 g/mol. The van der Waals surface area contributed by atoms with Crippen LogP contribution in [0.25, 0.3) is 0 Å². The maximum absolute atomic E-state index is 13.3. The molecule has 7 N–H and O–H groups in total. The van der Waals surface area contributed by atoms with Gasteiger partial charge in [0.15, 0.2) is 0 Å². The first-order valence-electron chi connectivity index (χ1n) is 16.3. The van der Waals surface area contributed by atoms with E-state index in [1.165, 1.54) is 18.0 Å². The van der Waals surface area contributed by atoms with Gasteiger partial charge in [0, 0.05) is 13.1 Å². The summed E-state index contributed by atoms with van der Waals surface area (Å²) in [6, 6.07) is 11.9. The van der Waals surface area contributed by atoms with Crippen molar-refractivity contribution >= 4 is 46.7 Å². The number of amides is 3. The Bertz CT molecular complexity index is 1650. The van der Waals surface area contributed by atoms with Crippen LogP contribution in [0.4, 0.5) is 23.0 Å². The standard InChI is InChI=1S/C26H35N5O2.C9H11N3O3/c1-4-18-13-22(14-28-24(18)27)29-25(32)26(33)31-15-17(2)8-9-23(31)20-7-5-6-19(12-20)21-10-11-30(3)16-21;1-2-5-3-6(4-11-7(5)10)12-8(13)9(14)15/h5-7,12-14,17,21,23H,4,8-11,15-16H2,1-3H3,(H2,27,28)(H,29,32);3-4H,2H2,1H3,(H2,10,11)(H,12,13)(H,14,15)/t17-,21?,23+;/m0./s1. The highest BCUT2D eigenvalue weighted by atomic mass is 16.4. The maximum Gasteiger partial charge on any atom is 0.394 e. The summed E-state index contributed by atoms with van der Waals surface area (Å²) in [5, 5.41) is 13.3. The highest BCUT2D eigenvalue weighted by molar-refractivity contribution is 6.39. The Kier molecular flexibility index (Phi) is 12.1. The molecule has 5 rings (SSSR count). The van der Waals surface area contributed by atoms with E-state index in [4.69, 9.17) is 16.6 Å². The first-order chi connectivity index (χ1) is 22.9. The monoisotopic (exact) mass is 658 g/mol. The highest BCUT2D eigenvalue weighted by Gasteiger charge is 2.35. The molecule has 2 aliphatic rings. The van der Waals surface area contributed by atoms with Gasteiger partial charge in [0.05, 0.1) is 29.8 Å². The Morgan fingerprint density at radius 1 is 0.854 bits per heavy atom. The molecule has 0 bridgehead atoms. The van der Waals surface area contributed by atoms with Crippen LogP contribution in [0.5, 0.6) is 0 Å². The number of nitrogens with one attached hydrogen (secondary N) is 2. The summed E-state index contributed by atoms with van der Waals surface area (Å²) < 4.78 is 0. The molecule has 1 aromatic carbocycles. The van der Waals surface area contributed by atoms with E-state index >= 15 is 0 Å². The number of carboxylic acids is 1. The predicted octanol–water partition coefficient (Wildman–Crippen LogP) is 3.83. The quantitative estimate of drug-likeness (QED) is 0.243. The minimum Gasteiger partial charge on any atom is -0.474 e. The van der Waals surface area contributed by atoms with Gasteiger partial charge < -0.3 is 37.0 Å². The number of benzene rings is 1. The van der Waals surface area contributed by atoms with Crippen LogP contribution in [-0.4, -0.2) is 75.2 Å². The molecule has 2 saturated heterocycles. The molecule has 3 aromatic rings. The van der Waals surface area contributed by atoms with Gasteiger partial charge in [-0.2, -0.15) is 0 Å². The summed E-state index contributed by atoms with van der Waals surface area (Å²) in [7, 11) is 2.16. The van der Waals surface area contributed by atoms with Crippen LogP contribution in [0.15, 0.2) is 48.8 Å². The molecule has 3 atom stereocenters. The van der Waals surface area contributed by atoms with Gasteiger partial charge in [-0.05, 0) is 91.9 Å². The van der Waals surface area contributed by atoms with Crippen molar-refractivity contribution in [3.8, 4) is 0 Å². The molecule has 256 valence electrons. The van der Waals surface area contributed by atoms with E-state index in [1.807, 2.05) is 13.8 Å². The van der Waals surface area contributed by atoms with Gasteiger partial charge in [0.1, 0.15) is 11.6 Å². The van der Waals surface area contributed by atoms with Crippen molar-refractivity contribution < 1.29 is 24.3 Å². The molecular formula is C35H46N8O5. The molecule has 3 amide bonds. The van der Waals surface area contributed by atoms with Gasteiger partial charge in [0.2, 0.25) is 0 Å². The number of carbonyl (C=O) groups excluding carboxylic acids is 3. The minimum absolute atomic E-state index is 0.0886. The molecule has 13 nitrogen and oxygen atoms in total. The van der Waals surface area contributed by atoms with E-state index in [2.05, 4.69) is 63.7 Å². The van der Waals surface area contributed by atoms with Crippen molar-refractivity contribution in [1.82, 2.24) is 19.8 Å². The van der Waals surface area contributed by atoms with Gasteiger partial charge in [-0.3, -0.25) is 14.4 Å². The molecule has 0 saturated carbocycles. The first-order valence-corrected chi connectivity index (χ1v) is 16.3. The number of rotatable bonds is 6. The second kappa shape index (κ2) is 16.2. The second-order valence-corrected chi connectivity index (χ2v) is 12.5. The Morgan fingerprint density at radius 3 is 1.98 bits per heavy atom. The largest absolute Gasteiger partial charge is 0.474 e. The predicted molar refractivity (Wildman–Crippen MR) is 185 cm³/mol. The number of likely N-dealkylation sites (tertiary alicyclic amines) is 2. The SMILES string of the molecule is CCc1cc(NC(=O)C(=O)N2C[C@@H](C)CC[C@@H]2c2cccc(C3CCN(C)C3)c2)cnc1N.CCc1cc(NC(=O)C(=O)O)cnc1N. The Labute approximate surface area is 281 Å². The lowest BCUT2D eigenvalue weighted by Gasteiger charge is -2.38. The number of hydrogen-bond acceptors (Lipinski definition) is 9. The zero-order valence-corrected chi connectivity index (χ0v) is 28.0. The number of aryl methyl sites for hydroxylation is 2. The molecule has 2 aromatic heterocycles.